The van der Waals surface area contributed by atoms with E-state index in [2.05, 4.69) is 5.32 Å². The van der Waals surface area contributed by atoms with Crippen molar-refractivity contribution in [3.8, 4) is 0 Å². The van der Waals surface area contributed by atoms with E-state index in [9.17, 15) is 4.39 Å². The van der Waals surface area contributed by atoms with E-state index in [0.717, 1.165) is 11.1 Å². The van der Waals surface area contributed by atoms with Gasteiger partial charge in [-0.15, -0.1) is 0 Å². The van der Waals surface area contributed by atoms with Crippen molar-refractivity contribution >= 4 is 28.9 Å². The summed E-state index contributed by atoms with van der Waals surface area (Å²) in [4.78, 5) is 0. The van der Waals surface area contributed by atoms with E-state index < -0.39 is 0 Å². The summed E-state index contributed by atoms with van der Waals surface area (Å²) in [5.41, 5.74) is 2.44. The molecule has 1 heterocycles. The first-order valence-electron chi connectivity index (χ1n) is 5.64. The Bertz CT molecular complexity index is 613. The lowest BCUT2D eigenvalue weighted by Gasteiger charge is -2.14. The van der Waals surface area contributed by atoms with Crippen LogP contribution in [0.2, 0.25) is 10.0 Å². The van der Waals surface area contributed by atoms with Crippen molar-refractivity contribution in [1.82, 2.24) is 0 Å². The molecule has 1 nitrogen and oxygen atoms in total. The van der Waals surface area contributed by atoms with Gasteiger partial charge in [0.25, 0.3) is 0 Å². The number of para-hydroxylation sites is 1. The van der Waals surface area contributed by atoms with Crippen LogP contribution in [0.5, 0.6) is 0 Å². The number of fused-ring (bicyclic) bond motifs is 1. The molecule has 0 amide bonds. The van der Waals surface area contributed by atoms with Gasteiger partial charge in [-0.1, -0.05) is 35.3 Å². The average Bonchev–Trinajstić information content (AvgIpc) is 2.77. The molecule has 0 saturated heterocycles. The van der Waals surface area contributed by atoms with Gasteiger partial charge >= 0.3 is 0 Å². The zero-order valence-corrected chi connectivity index (χ0v) is 10.9. The third-order valence-corrected chi connectivity index (χ3v) is 3.76. The monoisotopic (exact) mass is 281 g/mol. The van der Waals surface area contributed by atoms with Crippen molar-refractivity contribution in [1.29, 1.82) is 0 Å². The van der Waals surface area contributed by atoms with Crippen LogP contribution in [-0.2, 0) is 6.42 Å². The molecule has 3 rings (SSSR count). The highest BCUT2D eigenvalue weighted by Gasteiger charge is 2.25. The van der Waals surface area contributed by atoms with E-state index in [4.69, 9.17) is 23.2 Å². The standard InChI is InChI=1S/C14H10Cl2FN/c15-9-4-5-11(16)10(7-9)13-6-8-2-1-3-12(17)14(8)18-13/h1-5,7,13,18H,6H2. The molecule has 0 fully saturated rings. The molecular weight excluding hydrogens is 272 g/mol. The number of benzene rings is 2. The van der Waals surface area contributed by atoms with E-state index in [1.54, 1.807) is 18.2 Å². The lowest BCUT2D eigenvalue weighted by atomic mass is 10.0. The molecular formula is C14H10Cl2FN. The van der Waals surface area contributed by atoms with Crippen LogP contribution >= 0.6 is 23.2 Å². The first-order valence-corrected chi connectivity index (χ1v) is 6.39. The highest BCUT2D eigenvalue weighted by molar-refractivity contribution is 6.33. The summed E-state index contributed by atoms with van der Waals surface area (Å²) in [7, 11) is 0. The predicted octanol–water partition coefficient (Wildman–Crippen LogP) is 4.84. The Morgan fingerprint density at radius 1 is 1.17 bits per heavy atom. The third-order valence-electron chi connectivity index (χ3n) is 3.18. The topological polar surface area (TPSA) is 12.0 Å². The molecule has 1 aliphatic rings. The normalized spacial score (nSPS) is 17.4. The van der Waals surface area contributed by atoms with E-state index in [1.165, 1.54) is 6.07 Å². The molecule has 92 valence electrons. The van der Waals surface area contributed by atoms with Crippen LogP contribution in [0.15, 0.2) is 36.4 Å². The summed E-state index contributed by atoms with van der Waals surface area (Å²) in [5, 5.41) is 4.44. The van der Waals surface area contributed by atoms with Gasteiger partial charge in [-0.3, -0.25) is 0 Å². The minimum atomic E-state index is -0.229. The molecule has 1 aliphatic heterocycles. The molecule has 0 spiro atoms. The van der Waals surface area contributed by atoms with Crippen molar-refractivity contribution < 1.29 is 4.39 Å². The fourth-order valence-electron chi connectivity index (χ4n) is 2.32. The van der Waals surface area contributed by atoms with Crippen molar-refractivity contribution in [2.75, 3.05) is 5.32 Å². The highest BCUT2D eigenvalue weighted by atomic mass is 35.5. The SMILES string of the molecule is Fc1cccc2c1NC(c1cc(Cl)ccc1Cl)C2. The molecule has 1 unspecified atom stereocenters. The number of anilines is 1. The zero-order valence-electron chi connectivity index (χ0n) is 9.38. The van der Waals surface area contributed by atoms with Gasteiger partial charge < -0.3 is 5.32 Å². The summed E-state index contributed by atoms with van der Waals surface area (Å²) in [6.07, 6.45) is 0.715. The van der Waals surface area contributed by atoms with E-state index in [1.807, 2.05) is 12.1 Å². The summed E-state index contributed by atoms with van der Waals surface area (Å²) in [6.45, 7) is 0. The van der Waals surface area contributed by atoms with Crippen LogP contribution in [0.1, 0.15) is 17.2 Å². The molecule has 0 radical (unpaired) electrons. The van der Waals surface area contributed by atoms with Gasteiger partial charge in [-0.05, 0) is 41.8 Å². The Morgan fingerprint density at radius 3 is 2.78 bits per heavy atom. The molecule has 2 aromatic carbocycles. The molecule has 1 atom stereocenters. The minimum Gasteiger partial charge on any atom is -0.375 e. The van der Waals surface area contributed by atoms with Gasteiger partial charge in [0.15, 0.2) is 0 Å². The molecule has 4 heteroatoms. The Balaban J connectivity index is 1.99. The lowest BCUT2D eigenvalue weighted by molar-refractivity contribution is 0.630. The Morgan fingerprint density at radius 2 is 2.00 bits per heavy atom. The zero-order chi connectivity index (χ0) is 12.7. The number of rotatable bonds is 1. The molecule has 0 bridgehead atoms. The van der Waals surface area contributed by atoms with Gasteiger partial charge in [0, 0.05) is 10.0 Å². The summed E-state index contributed by atoms with van der Waals surface area (Å²) in [6, 6.07) is 10.4. The highest BCUT2D eigenvalue weighted by Crippen LogP contribution is 2.38. The van der Waals surface area contributed by atoms with Crippen LogP contribution < -0.4 is 5.32 Å². The van der Waals surface area contributed by atoms with Gasteiger partial charge in [0.05, 0.1) is 11.7 Å². The lowest BCUT2D eigenvalue weighted by Crippen LogP contribution is -2.06. The quantitative estimate of drug-likeness (QED) is 0.789. The molecule has 0 aromatic heterocycles. The maximum Gasteiger partial charge on any atom is 0.146 e. The second-order valence-corrected chi connectivity index (χ2v) is 5.18. The van der Waals surface area contributed by atoms with Crippen molar-refractivity contribution in [3.63, 3.8) is 0 Å². The summed E-state index contributed by atoms with van der Waals surface area (Å²) < 4.78 is 13.6. The first-order chi connectivity index (χ1) is 8.65. The van der Waals surface area contributed by atoms with E-state index in [-0.39, 0.29) is 11.9 Å². The largest absolute Gasteiger partial charge is 0.375 e. The van der Waals surface area contributed by atoms with Crippen molar-refractivity contribution in [2.45, 2.75) is 12.5 Å². The summed E-state index contributed by atoms with van der Waals surface area (Å²) >= 11 is 12.1. The molecule has 1 N–H and O–H groups in total. The van der Waals surface area contributed by atoms with Crippen molar-refractivity contribution in [3.05, 3.63) is 63.4 Å². The number of hydrogen-bond acceptors (Lipinski definition) is 1. The third kappa shape index (κ3) is 1.96. The first kappa shape index (κ1) is 11.8. The Kier molecular flexibility index (Phi) is 2.92. The van der Waals surface area contributed by atoms with Crippen LogP contribution in [-0.4, -0.2) is 0 Å². The summed E-state index contributed by atoms with van der Waals surface area (Å²) in [5.74, 6) is -0.229. The predicted molar refractivity (Wildman–Crippen MR) is 72.9 cm³/mol. The van der Waals surface area contributed by atoms with E-state index >= 15 is 0 Å². The van der Waals surface area contributed by atoms with Gasteiger partial charge in [-0.2, -0.15) is 0 Å². The molecule has 2 aromatic rings. The van der Waals surface area contributed by atoms with Crippen molar-refractivity contribution in [2.24, 2.45) is 0 Å². The fraction of sp³-hybridized carbons (Fsp3) is 0.143. The molecule has 0 aliphatic carbocycles. The van der Waals surface area contributed by atoms with Gasteiger partial charge in [-0.25, -0.2) is 4.39 Å². The van der Waals surface area contributed by atoms with Crippen LogP contribution in [0.25, 0.3) is 0 Å². The second kappa shape index (κ2) is 4.45. The maximum absolute atomic E-state index is 13.6. The fourth-order valence-corrected chi connectivity index (χ4v) is 2.74. The molecule has 0 saturated carbocycles. The number of halogens is 3. The van der Waals surface area contributed by atoms with Crippen LogP contribution in [0, 0.1) is 5.82 Å². The van der Waals surface area contributed by atoms with E-state index in [0.29, 0.717) is 22.2 Å². The van der Waals surface area contributed by atoms with Gasteiger partial charge in [0.1, 0.15) is 5.82 Å². The maximum atomic E-state index is 13.6. The Hall–Kier alpha value is -1.25. The number of hydrogen-bond donors (Lipinski definition) is 1. The molecule has 18 heavy (non-hydrogen) atoms. The smallest absolute Gasteiger partial charge is 0.146 e. The average molecular weight is 282 g/mol. The Labute approximate surface area is 115 Å². The van der Waals surface area contributed by atoms with Crippen LogP contribution in [0.4, 0.5) is 10.1 Å². The second-order valence-electron chi connectivity index (χ2n) is 4.34. The number of nitrogens with one attached hydrogen (secondary N) is 1. The van der Waals surface area contributed by atoms with Crippen LogP contribution in [0.3, 0.4) is 0 Å². The minimum absolute atomic E-state index is 0.0249. The van der Waals surface area contributed by atoms with Gasteiger partial charge in [0.2, 0.25) is 0 Å².